The third-order valence-corrected chi connectivity index (χ3v) is 3.18. The zero-order valence-electron chi connectivity index (χ0n) is 11.9. The average Bonchev–Trinajstić information content (AvgIpc) is 2.52. The van der Waals surface area contributed by atoms with Crippen molar-refractivity contribution in [1.29, 1.82) is 0 Å². The molecule has 1 amide bonds. The first kappa shape index (κ1) is 14.7. The van der Waals surface area contributed by atoms with Crippen LogP contribution in [-0.4, -0.2) is 45.4 Å². The van der Waals surface area contributed by atoms with E-state index in [4.69, 9.17) is 10.9 Å². The van der Waals surface area contributed by atoms with Gasteiger partial charge in [0.2, 0.25) is 0 Å². The van der Waals surface area contributed by atoms with Crippen molar-refractivity contribution in [2.45, 2.75) is 6.92 Å². The van der Waals surface area contributed by atoms with E-state index in [1.807, 2.05) is 18.2 Å². The van der Waals surface area contributed by atoms with Crippen LogP contribution in [0.2, 0.25) is 0 Å². The summed E-state index contributed by atoms with van der Waals surface area (Å²) in [5.41, 5.74) is 7.18. The lowest BCUT2D eigenvalue weighted by Gasteiger charge is -2.20. The Morgan fingerprint density at radius 1 is 1.43 bits per heavy atom. The van der Waals surface area contributed by atoms with Crippen molar-refractivity contribution in [1.82, 2.24) is 14.9 Å². The van der Waals surface area contributed by atoms with Gasteiger partial charge in [-0.15, -0.1) is 0 Å². The van der Waals surface area contributed by atoms with E-state index in [1.165, 1.54) is 11.1 Å². The van der Waals surface area contributed by atoms with Gasteiger partial charge in [0.25, 0.3) is 5.91 Å². The summed E-state index contributed by atoms with van der Waals surface area (Å²) in [5, 5.41) is 11.6. The Balaban J connectivity index is 2.17. The van der Waals surface area contributed by atoms with E-state index in [0.717, 1.165) is 5.52 Å². The number of carbonyl (C=O) groups excluding carboxylic acids is 1. The van der Waals surface area contributed by atoms with Gasteiger partial charge in [0.15, 0.2) is 0 Å². The molecular formula is C14H17N5O2. The number of hydrogen-bond acceptors (Lipinski definition) is 5. The molecule has 1 atom stereocenters. The van der Waals surface area contributed by atoms with Crippen LogP contribution in [0, 0.1) is 5.92 Å². The Morgan fingerprint density at radius 2 is 2.10 bits per heavy atom. The predicted molar refractivity (Wildman–Crippen MR) is 79.1 cm³/mol. The van der Waals surface area contributed by atoms with E-state index in [1.54, 1.807) is 20.0 Å². The van der Waals surface area contributed by atoms with E-state index in [9.17, 15) is 4.79 Å². The normalized spacial score (nSPS) is 13.1. The maximum Gasteiger partial charge on any atom is 0.273 e. The van der Waals surface area contributed by atoms with Crippen molar-refractivity contribution in [3.63, 3.8) is 0 Å². The molecule has 0 spiro atoms. The average molecular weight is 287 g/mol. The van der Waals surface area contributed by atoms with Crippen LogP contribution >= 0.6 is 0 Å². The zero-order chi connectivity index (χ0) is 15.4. The molecule has 0 fully saturated rings. The third-order valence-electron chi connectivity index (χ3n) is 3.18. The molecule has 0 saturated heterocycles. The molecule has 7 heteroatoms. The van der Waals surface area contributed by atoms with Crippen molar-refractivity contribution in [2.75, 3.05) is 13.6 Å². The van der Waals surface area contributed by atoms with Gasteiger partial charge in [-0.2, -0.15) is 0 Å². The summed E-state index contributed by atoms with van der Waals surface area (Å²) in [5.74, 6) is -0.428. The molecule has 2 aromatic rings. The van der Waals surface area contributed by atoms with Crippen LogP contribution in [0.3, 0.4) is 0 Å². The van der Waals surface area contributed by atoms with Gasteiger partial charge >= 0.3 is 0 Å². The minimum atomic E-state index is -0.258. The van der Waals surface area contributed by atoms with Crippen LogP contribution in [-0.2, 0) is 0 Å². The lowest BCUT2D eigenvalue weighted by Crippen LogP contribution is -2.36. The summed E-state index contributed by atoms with van der Waals surface area (Å²) >= 11 is 0. The van der Waals surface area contributed by atoms with Gasteiger partial charge in [0, 0.05) is 19.5 Å². The standard InChI is InChI=1S/C14H17N5O2/c1-9(13(15)18-21)8-19(2)14(20)12-7-16-10-5-3-4-6-11(10)17-12/h3-7,9,21H,8H2,1-2H3,(H2,15,18). The van der Waals surface area contributed by atoms with E-state index in [-0.39, 0.29) is 23.4 Å². The van der Waals surface area contributed by atoms with Crippen molar-refractivity contribution < 1.29 is 10.0 Å². The first-order chi connectivity index (χ1) is 10.0. The molecule has 1 aromatic carbocycles. The zero-order valence-corrected chi connectivity index (χ0v) is 11.9. The molecule has 0 radical (unpaired) electrons. The second kappa shape index (κ2) is 6.17. The lowest BCUT2D eigenvalue weighted by molar-refractivity contribution is 0.0780. The van der Waals surface area contributed by atoms with E-state index in [0.29, 0.717) is 12.1 Å². The summed E-state index contributed by atoms with van der Waals surface area (Å²) in [6.07, 6.45) is 1.45. The second-order valence-electron chi connectivity index (χ2n) is 4.86. The summed E-state index contributed by atoms with van der Waals surface area (Å²) < 4.78 is 0. The minimum Gasteiger partial charge on any atom is -0.409 e. The SMILES string of the molecule is CC(CN(C)C(=O)c1cnc2ccccc2n1)/C(N)=N/O. The molecule has 0 aliphatic carbocycles. The number of carbonyl (C=O) groups is 1. The smallest absolute Gasteiger partial charge is 0.273 e. The van der Waals surface area contributed by atoms with Crippen LogP contribution in [0.25, 0.3) is 11.0 Å². The Morgan fingerprint density at radius 3 is 2.76 bits per heavy atom. The fourth-order valence-electron chi connectivity index (χ4n) is 1.94. The van der Waals surface area contributed by atoms with Crippen molar-refractivity contribution in [3.8, 4) is 0 Å². The Kier molecular flexibility index (Phi) is 4.32. The highest BCUT2D eigenvalue weighted by molar-refractivity contribution is 5.94. The molecule has 7 nitrogen and oxygen atoms in total. The molecule has 1 aromatic heterocycles. The number of nitrogens with two attached hydrogens (primary N) is 1. The third kappa shape index (κ3) is 3.25. The summed E-state index contributed by atoms with van der Waals surface area (Å²) in [7, 11) is 1.64. The van der Waals surface area contributed by atoms with Crippen molar-refractivity contribution in [2.24, 2.45) is 16.8 Å². The molecule has 0 bridgehead atoms. The topological polar surface area (TPSA) is 105 Å². The van der Waals surface area contributed by atoms with Gasteiger partial charge in [-0.25, -0.2) is 4.98 Å². The fraction of sp³-hybridized carbons (Fsp3) is 0.286. The van der Waals surface area contributed by atoms with E-state index < -0.39 is 0 Å². The number of hydrogen-bond donors (Lipinski definition) is 2. The number of para-hydroxylation sites is 2. The molecule has 21 heavy (non-hydrogen) atoms. The molecule has 0 aliphatic rings. The molecule has 1 heterocycles. The summed E-state index contributed by atoms with van der Waals surface area (Å²) in [6.45, 7) is 2.09. The highest BCUT2D eigenvalue weighted by Crippen LogP contribution is 2.10. The number of benzene rings is 1. The predicted octanol–water partition coefficient (Wildman–Crippen LogP) is 1.08. The molecule has 0 saturated carbocycles. The molecule has 3 N–H and O–H groups in total. The quantitative estimate of drug-likeness (QED) is 0.379. The first-order valence-electron chi connectivity index (χ1n) is 6.47. The van der Waals surface area contributed by atoms with Crippen molar-refractivity contribution >= 4 is 22.8 Å². The molecule has 1 unspecified atom stereocenters. The second-order valence-corrected chi connectivity index (χ2v) is 4.86. The molecule has 0 aliphatic heterocycles. The number of amides is 1. The van der Waals surface area contributed by atoms with Gasteiger partial charge in [-0.05, 0) is 12.1 Å². The highest BCUT2D eigenvalue weighted by Gasteiger charge is 2.18. The Labute approximate surface area is 122 Å². The van der Waals surface area contributed by atoms with Crippen molar-refractivity contribution in [3.05, 3.63) is 36.2 Å². The van der Waals surface area contributed by atoms with Crippen LogP contribution in [0.15, 0.2) is 35.6 Å². The van der Waals surface area contributed by atoms with Crippen LogP contribution in [0.5, 0.6) is 0 Å². The monoisotopic (exact) mass is 287 g/mol. The fourth-order valence-corrected chi connectivity index (χ4v) is 1.94. The van der Waals surface area contributed by atoms with Gasteiger partial charge in [0.05, 0.1) is 17.2 Å². The van der Waals surface area contributed by atoms with Gasteiger partial charge in [0.1, 0.15) is 11.5 Å². The molecule has 2 rings (SSSR count). The molecular weight excluding hydrogens is 270 g/mol. The number of amidine groups is 1. The summed E-state index contributed by atoms with van der Waals surface area (Å²) in [6, 6.07) is 7.34. The first-order valence-corrected chi connectivity index (χ1v) is 6.47. The molecule has 110 valence electrons. The Hall–Kier alpha value is -2.70. The summed E-state index contributed by atoms with van der Waals surface area (Å²) in [4.78, 5) is 22.3. The van der Waals surface area contributed by atoms with Gasteiger partial charge in [-0.3, -0.25) is 9.78 Å². The minimum absolute atomic E-state index is 0.0826. The highest BCUT2D eigenvalue weighted by atomic mass is 16.4. The maximum atomic E-state index is 12.3. The number of rotatable bonds is 4. The number of aromatic nitrogens is 2. The lowest BCUT2D eigenvalue weighted by atomic mass is 10.1. The van der Waals surface area contributed by atoms with E-state index in [2.05, 4.69) is 15.1 Å². The van der Waals surface area contributed by atoms with Gasteiger partial charge in [-0.1, -0.05) is 24.2 Å². The van der Waals surface area contributed by atoms with Crippen LogP contribution < -0.4 is 5.73 Å². The van der Waals surface area contributed by atoms with Crippen LogP contribution in [0.1, 0.15) is 17.4 Å². The number of oxime groups is 1. The largest absolute Gasteiger partial charge is 0.409 e. The Bertz CT molecular complexity index is 686. The number of nitrogens with zero attached hydrogens (tertiary/aromatic N) is 4. The van der Waals surface area contributed by atoms with Gasteiger partial charge < -0.3 is 15.8 Å². The van der Waals surface area contributed by atoms with E-state index >= 15 is 0 Å². The number of fused-ring (bicyclic) bond motifs is 1. The maximum absolute atomic E-state index is 12.3. The van der Waals surface area contributed by atoms with Crippen LogP contribution in [0.4, 0.5) is 0 Å².